The zero-order valence-electron chi connectivity index (χ0n) is 18.9. The smallest absolute Gasteiger partial charge is 0.174 e. The van der Waals surface area contributed by atoms with Gasteiger partial charge in [0.15, 0.2) is 5.11 Å². The van der Waals surface area contributed by atoms with Crippen LogP contribution in [-0.4, -0.2) is 37.2 Å². The van der Waals surface area contributed by atoms with E-state index in [0.717, 1.165) is 16.6 Å². The molecular formula is C24H34N4S. The second-order valence-corrected chi connectivity index (χ2v) is 10.3. The fourth-order valence-corrected chi connectivity index (χ4v) is 5.33. The molecule has 1 aliphatic rings. The first-order valence-electron chi connectivity index (χ1n) is 10.2. The van der Waals surface area contributed by atoms with Gasteiger partial charge in [0, 0.05) is 11.9 Å². The molecule has 0 bridgehead atoms. The number of hydrogen-bond donors (Lipinski definition) is 1. The summed E-state index contributed by atoms with van der Waals surface area (Å²) in [6.45, 7) is 18.3. The van der Waals surface area contributed by atoms with Crippen molar-refractivity contribution >= 4 is 28.8 Å². The number of piperazine rings is 1. The summed E-state index contributed by atoms with van der Waals surface area (Å²) in [4.78, 5) is 9.59. The van der Waals surface area contributed by atoms with Crippen LogP contribution in [0.1, 0.15) is 55.4 Å². The highest BCUT2D eigenvalue weighted by Crippen LogP contribution is 2.52. The van der Waals surface area contributed by atoms with Gasteiger partial charge in [0.25, 0.3) is 0 Å². The first-order valence-corrected chi connectivity index (χ1v) is 10.6. The third-order valence-corrected chi connectivity index (χ3v) is 7.62. The average Bonchev–Trinajstić information content (AvgIpc) is 2.61. The minimum atomic E-state index is -0.275. The highest BCUT2D eigenvalue weighted by Gasteiger charge is 2.64. The Labute approximate surface area is 181 Å². The second kappa shape index (κ2) is 6.98. The number of pyridine rings is 1. The van der Waals surface area contributed by atoms with Crippen molar-refractivity contribution in [2.75, 3.05) is 10.2 Å². The van der Waals surface area contributed by atoms with Crippen LogP contribution in [0.2, 0.25) is 0 Å². The molecule has 1 aromatic heterocycles. The molecule has 1 aromatic carbocycles. The summed E-state index contributed by atoms with van der Waals surface area (Å²) in [7, 11) is 0. The van der Waals surface area contributed by atoms with Crippen LogP contribution in [0.3, 0.4) is 0 Å². The lowest BCUT2D eigenvalue weighted by Gasteiger charge is -2.72. The number of rotatable bonds is 2. The molecule has 2 heterocycles. The van der Waals surface area contributed by atoms with Crippen LogP contribution in [-0.2, 0) is 0 Å². The summed E-state index contributed by atoms with van der Waals surface area (Å²) < 4.78 is 0. The van der Waals surface area contributed by atoms with Gasteiger partial charge < -0.3 is 15.1 Å². The summed E-state index contributed by atoms with van der Waals surface area (Å²) in [6, 6.07) is 16.3. The van der Waals surface area contributed by atoms with E-state index in [1.807, 2.05) is 42.6 Å². The Balaban J connectivity index is 2.12. The van der Waals surface area contributed by atoms with E-state index in [0.29, 0.717) is 0 Å². The summed E-state index contributed by atoms with van der Waals surface area (Å²) in [6.07, 6.45) is 1.87. The number of nitrogens with one attached hydrogen (secondary N) is 1. The second-order valence-electron chi connectivity index (χ2n) is 9.89. The van der Waals surface area contributed by atoms with E-state index in [2.05, 4.69) is 82.6 Å². The van der Waals surface area contributed by atoms with Crippen molar-refractivity contribution in [3.63, 3.8) is 0 Å². The standard InChI is InChI=1S/C24H34N4S/c1-21(2)23(5,6)28(20(29)26-18-14-10-9-11-15-18)24(7,8)22(3,4)27(21)19-16-12-13-17-25-19/h9-17H,1-8H3,(H,26,29). The monoisotopic (exact) mass is 410 g/mol. The van der Waals surface area contributed by atoms with Crippen molar-refractivity contribution in [3.8, 4) is 0 Å². The molecule has 29 heavy (non-hydrogen) atoms. The number of thiocarbonyl (C=S) groups is 1. The molecular weight excluding hydrogens is 376 g/mol. The van der Waals surface area contributed by atoms with Crippen LogP contribution in [0, 0.1) is 0 Å². The molecule has 1 aliphatic heterocycles. The van der Waals surface area contributed by atoms with E-state index in [4.69, 9.17) is 17.2 Å². The molecule has 0 atom stereocenters. The van der Waals surface area contributed by atoms with E-state index in [1.54, 1.807) is 0 Å². The quantitative estimate of drug-likeness (QED) is 0.641. The van der Waals surface area contributed by atoms with Gasteiger partial charge in [-0.15, -0.1) is 0 Å². The Morgan fingerprint density at radius 1 is 0.759 bits per heavy atom. The number of nitrogens with zero attached hydrogens (tertiary/aromatic N) is 3. The Morgan fingerprint density at radius 3 is 1.76 bits per heavy atom. The molecule has 0 amide bonds. The van der Waals surface area contributed by atoms with Gasteiger partial charge in [-0.05, 0) is 91.9 Å². The van der Waals surface area contributed by atoms with Crippen molar-refractivity contribution in [2.24, 2.45) is 0 Å². The van der Waals surface area contributed by atoms with Gasteiger partial charge in [-0.25, -0.2) is 4.98 Å². The predicted octanol–water partition coefficient (Wildman–Crippen LogP) is 5.72. The minimum absolute atomic E-state index is 0.247. The Bertz CT molecular complexity index is 844. The van der Waals surface area contributed by atoms with E-state index in [-0.39, 0.29) is 22.2 Å². The number of hydrogen-bond acceptors (Lipinski definition) is 3. The maximum absolute atomic E-state index is 6.00. The number of anilines is 2. The topological polar surface area (TPSA) is 31.4 Å². The molecule has 0 spiro atoms. The van der Waals surface area contributed by atoms with Crippen LogP contribution in [0.5, 0.6) is 0 Å². The summed E-state index contributed by atoms with van der Waals surface area (Å²) in [5.74, 6) is 0.991. The Kier molecular flexibility index (Phi) is 5.19. The SMILES string of the molecule is CC1(C)N(C(=S)Nc2ccccc2)C(C)(C)C(C)(C)N(c2ccccn2)C1(C)C. The first-order chi connectivity index (χ1) is 13.3. The van der Waals surface area contributed by atoms with E-state index in [9.17, 15) is 0 Å². The van der Waals surface area contributed by atoms with Crippen molar-refractivity contribution < 1.29 is 0 Å². The molecule has 5 heteroatoms. The lowest BCUT2D eigenvalue weighted by molar-refractivity contribution is -0.0528. The molecule has 1 N–H and O–H groups in total. The normalized spacial score (nSPS) is 21.5. The highest BCUT2D eigenvalue weighted by atomic mass is 32.1. The lowest BCUT2D eigenvalue weighted by atomic mass is 9.65. The van der Waals surface area contributed by atoms with Crippen LogP contribution < -0.4 is 10.2 Å². The van der Waals surface area contributed by atoms with Crippen LogP contribution >= 0.6 is 12.2 Å². The summed E-state index contributed by atoms with van der Waals surface area (Å²) in [5.41, 5.74) is -0.0389. The largest absolute Gasteiger partial charge is 0.342 e. The molecule has 2 aromatic rings. The molecule has 0 aliphatic carbocycles. The zero-order chi connectivity index (χ0) is 21.7. The van der Waals surface area contributed by atoms with Gasteiger partial charge in [-0.1, -0.05) is 24.3 Å². The third kappa shape index (κ3) is 3.20. The van der Waals surface area contributed by atoms with Gasteiger partial charge >= 0.3 is 0 Å². The molecule has 0 radical (unpaired) electrons. The van der Waals surface area contributed by atoms with Gasteiger partial charge in [-0.2, -0.15) is 0 Å². The van der Waals surface area contributed by atoms with Gasteiger partial charge in [-0.3, -0.25) is 0 Å². The van der Waals surface area contributed by atoms with Crippen molar-refractivity contribution in [1.29, 1.82) is 0 Å². The third-order valence-electron chi connectivity index (χ3n) is 7.34. The van der Waals surface area contributed by atoms with E-state index in [1.165, 1.54) is 0 Å². The first kappa shape index (κ1) is 21.6. The van der Waals surface area contributed by atoms with Crippen LogP contribution in [0.25, 0.3) is 0 Å². The molecule has 0 saturated carbocycles. The summed E-state index contributed by atoms with van der Waals surface area (Å²) >= 11 is 6.00. The van der Waals surface area contributed by atoms with E-state index < -0.39 is 0 Å². The zero-order valence-corrected chi connectivity index (χ0v) is 19.8. The van der Waals surface area contributed by atoms with Gasteiger partial charge in [0.1, 0.15) is 5.82 Å². The number of benzene rings is 1. The van der Waals surface area contributed by atoms with Crippen molar-refractivity contribution in [1.82, 2.24) is 9.88 Å². The van der Waals surface area contributed by atoms with Crippen molar-refractivity contribution in [2.45, 2.75) is 77.5 Å². The van der Waals surface area contributed by atoms with E-state index >= 15 is 0 Å². The molecule has 0 unspecified atom stereocenters. The molecule has 1 fully saturated rings. The highest BCUT2D eigenvalue weighted by molar-refractivity contribution is 7.80. The molecule has 3 rings (SSSR count). The Morgan fingerprint density at radius 2 is 1.28 bits per heavy atom. The predicted molar refractivity (Wildman–Crippen MR) is 128 cm³/mol. The van der Waals surface area contributed by atoms with Crippen LogP contribution in [0.4, 0.5) is 11.5 Å². The molecule has 4 nitrogen and oxygen atoms in total. The van der Waals surface area contributed by atoms with Crippen molar-refractivity contribution in [3.05, 3.63) is 54.7 Å². The average molecular weight is 411 g/mol. The fraction of sp³-hybridized carbons (Fsp3) is 0.500. The van der Waals surface area contributed by atoms with Gasteiger partial charge in [0.2, 0.25) is 0 Å². The molecule has 1 saturated heterocycles. The lowest BCUT2D eigenvalue weighted by Crippen LogP contribution is -2.85. The van der Waals surface area contributed by atoms with Gasteiger partial charge in [0.05, 0.1) is 22.2 Å². The molecule has 156 valence electrons. The number of para-hydroxylation sites is 1. The minimum Gasteiger partial charge on any atom is -0.342 e. The summed E-state index contributed by atoms with van der Waals surface area (Å²) in [5, 5.41) is 4.22. The number of aromatic nitrogens is 1. The fourth-order valence-electron chi connectivity index (χ4n) is 4.76. The Hall–Kier alpha value is -2.14. The van der Waals surface area contributed by atoms with Crippen LogP contribution in [0.15, 0.2) is 54.7 Å². The maximum Gasteiger partial charge on any atom is 0.174 e. The maximum atomic E-state index is 6.00.